The second-order valence-electron chi connectivity index (χ2n) is 5.28. The van der Waals surface area contributed by atoms with Gasteiger partial charge in [0.1, 0.15) is 5.69 Å². The first-order chi connectivity index (χ1) is 11.2. The maximum atomic E-state index is 12.6. The number of aliphatic hydroxyl groups excluding tert-OH is 1. The first kappa shape index (κ1) is 13.6. The first-order valence-corrected chi connectivity index (χ1v) is 7.19. The second-order valence-corrected chi connectivity index (χ2v) is 5.28. The average Bonchev–Trinajstić information content (AvgIpc) is 3.00. The number of aliphatic hydroxyl groups is 1. The number of carbonyl (C=O) groups is 2. The molecule has 0 amide bonds. The number of ketones is 2. The van der Waals surface area contributed by atoms with E-state index in [-0.39, 0.29) is 12.3 Å². The molecule has 2 aromatic carbocycles. The summed E-state index contributed by atoms with van der Waals surface area (Å²) >= 11 is 0. The average molecular weight is 304 g/mol. The van der Waals surface area contributed by atoms with Crippen LogP contribution in [0.15, 0.2) is 54.6 Å². The van der Waals surface area contributed by atoms with Crippen molar-refractivity contribution in [1.29, 1.82) is 0 Å². The zero-order valence-electron chi connectivity index (χ0n) is 12.1. The van der Waals surface area contributed by atoms with E-state index in [0.29, 0.717) is 28.1 Å². The maximum absolute atomic E-state index is 12.6. The Morgan fingerprint density at radius 3 is 2.22 bits per heavy atom. The Balaban J connectivity index is 2.09. The van der Waals surface area contributed by atoms with Gasteiger partial charge in [-0.15, -0.1) is 0 Å². The molecule has 23 heavy (non-hydrogen) atoms. The van der Waals surface area contributed by atoms with Gasteiger partial charge in [0.05, 0.1) is 18.0 Å². The minimum Gasteiger partial charge on any atom is -0.390 e. The zero-order chi connectivity index (χ0) is 16.0. The lowest BCUT2D eigenvalue weighted by Crippen LogP contribution is -2.23. The molecule has 0 bridgehead atoms. The van der Waals surface area contributed by atoms with E-state index in [9.17, 15) is 14.7 Å². The molecule has 1 heterocycles. The van der Waals surface area contributed by atoms with Crippen molar-refractivity contribution in [2.75, 3.05) is 0 Å². The molecule has 112 valence electrons. The lowest BCUT2D eigenvalue weighted by atomic mass is 9.86. The van der Waals surface area contributed by atoms with Gasteiger partial charge in [-0.2, -0.15) is 5.10 Å². The van der Waals surface area contributed by atoms with Crippen molar-refractivity contribution < 1.29 is 14.7 Å². The van der Waals surface area contributed by atoms with Gasteiger partial charge in [0.25, 0.3) is 5.78 Å². The standard InChI is InChI=1S/C18H12N2O3/c21-10-14-15-12-8-4-5-9-13(12)17(22)18(23)16(15)20(19-14)11-6-2-1-3-7-11/h1-9,21H,10H2. The molecule has 1 aliphatic rings. The predicted molar refractivity (Wildman–Crippen MR) is 83.6 cm³/mol. The van der Waals surface area contributed by atoms with Crippen LogP contribution in [-0.2, 0) is 6.61 Å². The van der Waals surface area contributed by atoms with Crippen LogP contribution in [0.3, 0.4) is 0 Å². The van der Waals surface area contributed by atoms with Gasteiger partial charge >= 0.3 is 0 Å². The Hall–Kier alpha value is -3.05. The molecule has 0 radical (unpaired) electrons. The van der Waals surface area contributed by atoms with Crippen molar-refractivity contribution in [2.45, 2.75) is 6.61 Å². The van der Waals surface area contributed by atoms with Gasteiger partial charge in [0.2, 0.25) is 5.78 Å². The van der Waals surface area contributed by atoms with Crippen LogP contribution in [0, 0.1) is 0 Å². The van der Waals surface area contributed by atoms with Crippen LogP contribution in [0.5, 0.6) is 0 Å². The largest absolute Gasteiger partial charge is 0.390 e. The van der Waals surface area contributed by atoms with E-state index >= 15 is 0 Å². The number of rotatable bonds is 2. The SMILES string of the molecule is O=C1C(=O)c2c(c(CO)nn2-c2ccccc2)-c2ccccc21. The van der Waals surface area contributed by atoms with Gasteiger partial charge in [-0.25, -0.2) is 4.68 Å². The highest BCUT2D eigenvalue weighted by Gasteiger charge is 2.36. The van der Waals surface area contributed by atoms with Crippen molar-refractivity contribution in [3.63, 3.8) is 0 Å². The topological polar surface area (TPSA) is 72.2 Å². The van der Waals surface area contributed by atoms with Gasteiger partial charge in [-0.1, -0.05) is 42.5 Å². The van der Waals surface area contributed by atoms with E-state index in [1.807, 2.05) is 18.2 Å². The van der Waals surface area contributed by atoms with Crippen molar-refractivity contribution in [1.82, 2.24) is 9.78 Å². The summed E-state index contributed by atoms with van der Waals surface area (Å²) in [6.07, 6.45) is 0. The summed E-state index contributed by atoms with van der Waals surface area (Å²) in [7, 11) is 0. The number of carbonyl (C=O) groups excluding carboxylic acids is 2. The second kappa shape index (κ2) is 5.00. The molecular formula is C18H12N2O3. The van der Waals surface area contributed by atoms with Gasteiger partial charge in [0.15, 0.2) is 0 Å². The number of hydrogen-bond donors (Lipinski definition) is 1. The number of para-hydroxylation sites is 1. The first-order valence-electron chi connectivity index (χ1n) is 7.19. The fourth-order valence-corrected chi connectivity index (χ4v) is 2.95. The molecule has 4 rings (SSSR count). The third-order valence-corrected chi connectivity index (χ3v) is 3.97. The summed E-state index contributed by atoms with van der Waals surface area (Å²) in [5, 5.41) is 14.0. The fraction of sp³-hybridized carbons (Fsp3) is 0.0556. The van der Waals surface area contributed by atoms with E-state index in [0.717, 1.165) is 0 Å². The number of nitrogens with zero attached hydrogens (tertiary/aromatic N) is 2. The van der Waals surface area contributed by atoms with E-state index in [2.05, 4.69) is 5.10 Å². The van der Waals surface area contributed by atoms with Gasteiger partial charge < -0.3 is 5.11 Å². The van der Waals surface area contributed by atoms with E-state index in [4.69, 9.17) is 0 Å². The Morgan fingerprint density at radius 2 is 1.52 bits per heavy atom. The molecule has 0 unspecified atom stereocenters. The van der Waals surface area contributed by atoms with Crippen LogP contribution in [0.25, 0.3) is 16.8 Å². The molecule has 0 atom stereocenters. The van der Waals surface area contributed by atoms with E-state index in [1.54, 1.807) is 36.4 Å². The third-order valence-electron chi connectivity index (χ3n) is 3.97. The zero-order valence-corrected chi connectivity index (χ0v) is 12.1. The Labute approximate surface area is 131 Å². The van der Waals surface area contributed by atoms with Crippen molar-refractivity contribution in [3.8, 4) is 16.8 Å². The molecule has 1 aliphatic carbocycles. The van der Waals surface area contributed by atoms with Gasteiger partial charge in [-0.05, 0) is 17.7 Å². The molecule has 1 aromatic heterocycles. The summed E-state index contributed by atoms with van der Waals surface area (Å²) in [4.78, 5) is 25.0. The van der Waals surface area contributed by atoms with E-state index in [1.165, 1.54) is 4.68 Å². The third kappa shape index (κ3) is 1.87. The highest BCUT2D eigenvalue weighted by molar-refractivity contribution is 6.52. The van der Waals surface area contributed by atoms with Crippen LogP contribution in [0.1, 0.15) is 26.5 Å². The van der Waals surface area contributed by atoms with Crippen molar-refractivity contribution in [3.05, 3.63) is 71.5 Å². The van der Waals surface area contributed by atoms with Crippen LogP contribution in [-0.4, -0.2) is 26.5 Å². The monoisotopic (exact) mass is 304 g/mol. The molecule has 0 saturated heterocycles. The predicted octanol–water partition coefficient (Wildman–Crippen LogP) is 2.41. The van der Waals surface area contributed by atoms with Crippen LogP contribution >= 0.6 is 0 Å². The highest BCUT2D eigenvalue weighted by atomic mass is 16.3. The fourth-order valence-electron chi connectivity index (χ4n) is 2.95. The minimum atomic E-state index is -0.602. The highest BCUT2D eigenvalue weighted by Crippen LogP contribution is 2.37. The summed E-state index contributed by atoms with van der Waals surface area (Å²) in [5.41, 5.74) is 2.80. The summed E-state index contributed by atoms with van der Waals surface area (Å²) in [5.74, 6) is -1.15. The Kier molecular flexibility index (Phi) is 2.96. The molecule has 0 fully saturated rings. The molecule has 0 spiro atoms. The lowest BCUT2D eigenvalue weighted by Gasteiger charge is -2.16. The number of benzene rings is 2. The smallest absolute Gasteiger partial charge is 0.252 e. The molecule has 5 nitrogen and oxygen atoms in total. The quantitative estimate of drug-likeness (QED) is 0.738. The number of fused-ring (bicyclic) bond motifs is 3. The lowest BCUT2D eigenvalue weighted by molar-refractivity contribution is 0.0810. The Bertz CT molecular complexity index is 942. The molecular weight excluding hydrogens is 292 g/mol. The van der Waals surface area contributed by atoms with Gasteiger partial charge in [0, 0.05) is 11.1 Å². The molecule has 5 heteroatoms. The van der Waals surface area contributed by atoms with Crippen molar-refractivity contribution in [2.24, 2.45) is 0 Å². The minimum absolute atomic E-state index is 0.212. The van der Waals surface area contributed by atoms with E-state index < -0.39 is 11.6 Å². The van der Waals surface area contributed by atoms with Crippen molar-refractivity contribution >= 4 is 11.6 Å². The summed E-state index contributed by atoms with van der Waals surface area (Å²) in [6.45, 7) is -0.308. The molecule has 0 aliphatic heterocycles. The number of Topliss-reactive ketones (excluding diaryl/α,β-unsaturated/α-hetero) is 2. The normalized spacial score (nSPS) is 12.9. The summed E-state index contributed by atoms with van der Waals surface area (Å²) < 4.78 is 1.44. The van der Waals surface area contributed by atoms with Crippen LogP contribution in [0.4, 0.5) is 0 Å². The van der Waals surface area contributed by atoms with Gasteiger partial charge in [-0.3, -0.25) is 9.59 Å². The molecule has 0 saturated carbocycles. The maximum Gasteiger partial charge on any atom is 0.252 e. The molecule has 3 aromatic rings. The number of hydrogen-bond acceptors (Lipinski definition) is 4. The molecule has 1 N–H and O–H groups in total. The van der Waals surface area contributed by atoms with Crippen LogP contribution < -0.4 is 0 Å². The van der Waals surface area contributed by atoms with Crippen LogP contribution in [0.2, 0.25) is 0 Å². The summed E-state index contributed by atoms with van der Waals surface area (Å²) in [6, 6.07) is 16.0. The number of aromatic nitrogens is 2. The Morgan fingerprint density at radius 1 is 0.870 bits per heavy atom.